The van der Waals surface area contributed by atoms with Crippen molar-refractivity contribution < 1.29 is 0 Å². The predicted octanol–water partition coefficient (Wildman–Crippen LogP) is 3.99. The molecule has 0 saturated heterocycles. The van der Waals surface area contributed by atoms with E-state index >= 15 is 0 Å². The number of hydrogen-bond donors (Lipinski definition) is 0. The number of fused-ring (bicyclic) bond motifs is 1. The average Bonchev–Trinajstić information content (AvgIpc) is 2.82. The first-order chi connectivity index (χ1) is 8.15. The van der Waals surface area contributed by atoms with Crippen molar-refractivity contribution in [3.63, 3.8) is 0 Å². The second-order valence-electron chi connectivity index (χ2n) is 4.39. The Balaban J connectivity index is 2.15. The van der Waals surface area contributed by atoms with Gasteiger partial charge >= 0.3 is 0 Å². The van der Waals surface area contributed by atoms with Crippen LogP contribution in [0, 0.1) is 20.8 Å². The monoisotopic (exact) mass is 242 g/mol. The van der Waals surface area contributed by atoms with E-state index in [1.165, 1.54) is 21.7 Å². The minimum Gasteiger partial charge on any atom is -0.294 e. The fourth-order valence-corrected chi connectivity index (χ4v) is 2.87. The Kier molecular flexibility index (Phi) is 2.30. The molecule has 0 radical (unpaired) electrons. The molecule has 0 spiro atoms. The van der Waals surface area contributed by atoms with Crippen molar-refractivity contribution in [2.24, 2.45) is 0 Å². The Morgan fingerprint density at radius 2 is 1.76 bits per heavy atom. The van der Waals surface area contributed by atoms with Gasteiger partial charge in [0.15, 0.2) is 4.96 Å². The maximum Gasteiger partial charge on any atom is 0.194 e. The van der Waals surface area contributed by atoms with Gasteiger partial charge in [0.1, 0.15) is 0 Å². The van der Waals surface area contributed by atoms with E-state index in [2.05, 4.69) is 60.6 Å². The largest absolute Gasteiger partial charge is 0.294 e. The van der Waals surface area contributed by atoms with E-state index in [0.29, 0.717) is 0 Å². The highest BCUT2D eigenvalue weighted by Crippen LogP contribution is 2.26. The van der Waals surface area contributed by atoms with Gasteiger partial charge in [0.2, 0.25) is 0 Å². The van der Waals surface area contributed by atoms with Gasteiger partial charge in [0.05, 0.1) is 5.69 Å². The average molecular weight is 242 g/mol. The number of imidazole rings is 1. The van der Waals surface area contributed by atoms with Crippen molar-refractivity contribution >= 4 is 16.3 Å². The summed E-state index contributed by atoms with van der Waals surface area (Å²) in [5.74, 6) is 0. The minimum absolute atomic E-state index is 1.05. The third-order valence-corrected chi connectivity index (χ3v) is 4.21. The van der Waals surface area contributed by atoms with Gasteiger partial charge in [-0.3, -0.25) is 4.40 Å². The molecule has 86 valence electrons. The highest BCUT2D eigenvalue weighted by atomic mass is 32.1. The zero-order valence-corrected chi connectivity index (χ0v) is 11.0. The summed E-state index contributed by atoms with van der Waals surface area (Å²) in [7, 11) is 0. The van der Waals surface area contributed by atoms with E-state index in [1.807, 2.05) is 0 Å². The van der Waals surface area contributed by atoms with Crippen molar-refractivity contribution in [1.82, 2.24) is 9.38 Å². The molecule has 3 heteroatoms. The summed E-state index contributed by atoms with van der Waals surface area (Å²) >= 11 is 1.75. The number of rotatable bonds is 1. The van der Waals surface area contributed by atoms with Crippen molar-refractivity contribution in [1.29, 1.82) is 0 Å². The fourth-order valence-electron chi connectivity index (χ4n) is 1.92. The summed E-state index contributed by atoms with van der Waals surface area (Å²) < 4.78 is 2.18. The highest BCUT2D eigenvalue weighted by molar-refractivity contribution is 7.17. The van der Waals surface area contributed by atoms with Gasteiger partial charge in [-0.25, -0.2) is 4.98 Å². The standard InChI is InChI=1S/C14H14N2S/c1-9-4-6-12(7-5-9)13-8-16-10(2)11(3)17-14(16)15-13/h4-8H,1-3H3. The van der Waals surface area contributed by atoms with Crippen LogP contribution in [0.3, 0.4) is 0 Å². The van der Waals surface area contributed by atoms with E-state index in [9.17, 15) is 0 Å². The summed E-state index contributed by atoms with van der Waals surface area (Å²) in [6, 6.07) is 8.51. The Labute approximate surface area is 105 Å². The van der Waals surface area contributed by atoms with Crippen LogP contribution in [0.15, 0.2) is 30.5 Å². The van der Waals surface area contributed by atoms with Crippen LogP contribution in [0.5, 0.6) is 0 Å². The molecule has 0 saturated carbocycles. The summed E-state index contributed by atoms with van der Waals surface area (Å²) in [6.07, 6.45) is 2.12. The van der Waals surface area contributed by atoms with Gasteiger partial charge in [-0.05, 0) is 20.8 Å². The molecule has 0 fully saturated rings. The molecular weight excluding hydrogens is 228 g/mol. The second kappa shape index (κ2) is 3.70. The lowest BCUT2D eigenvalue weighted by atomic mass is 10.1. The van der Waals surface area contributed by atoms with Gasteiger partial charge < -0.3 is 0 Å². The number of aromatic nitrogens is 2. The van der Waals surface area contributed by atoms with Gasteiger partial charge in [0, 0.05) is 22.3 Å². The lowest BCUT2D eigenvalue weighted by Gasteiger charge is -1.96. The van der Waals surface area contributed by atoms with E-state index in [4.69, 9.17) is 0 Å². The molecule has 0 aliphatic carbocycles. The van der Waals surface area contributed by atoms with Crippen molar-refractivity contribution in [2.45, 2.75) is 20.8 Å². The minimum atomic E-state index is 1.05. The molecule has 0 aliphatic heterocycles. The Morgan fingerprint density at radius 3 is 2.41 bits per heavy atom. The molecule has 3 rings (SSSR count). The smallest absolute Gasteiger partial charge is 0.194 e. The summed E-state index contributed by atoms with van der Waals surface area (Å²) in [5, 5.41) is 0. The first kappa shape index (κ1) is 10.5. The number of benzene rings is 1. The predicted molar refractivity (Wildman–Crippen MR) is 72.7 cm³/mol. The molecule has 0 atom stereocenters. The molecule has 2 aromatic heterocycles. The van der Waals surface area contributed by atoms with Crippen LogP contribution in [0.2, 0.25) is 0 Å². The lowest BCUT2D eigenvalue weighted by molar-refractivity contribution is 1.11. The molecule has 0 N–H and O–H groups in total. The molecule has 3 aromatic rings. The topological polar surface area (TPSA) is 17.3 Å². The molecule has 2 nitrogen and oxygen atoms in total. The lowest BCUT2D eigenvalue weighted by Crippen LogP contribution is -1.82. The highest BCUT2D eigenvalue weighted by Gasteiger charge is 2.09. The number of hydrogen-bond acceptors (Lipinski definition) is 2. The number of aryl methyl sites for hydroxylation is 3. The van der Waals surface area contributed by atoms with Crippen LogP contribution < -0.4 is 0 Å². The van der Waals surface area contributed by atoms with E-state index in [0.717, 1.165) is 10.7 Å². The molecule has 17 heavy (non-hydrogen) atoms. The summed E-state index contributed by atoms with van der Waals surface area (Å²) in [6.45, 7) is 6.38. The maximum absolute atomic E-state index is 4.68. The van der Waals surface area contributed by atoms with Crippen molar-refractivity contribution in [3.05, 3.63) is 46.6 Å². The normalized spacial score (nSPS) is 11.2. The van der Waals surface area contributed by atoms with Gasteiger partial charge in [-0.2, -0.15) is 0 Å². The SMILES string of the molecule is Cc1ccc(-c2cn3c(C)c(C)sc3n2)cc1. The first-order valence-electron chi connectivity index (χ1n) is 5.67. The third-order valence-electron chi connectivity index (χ3n) is 3.14. The Morgan fingerprint density at radius 1 is 1.06 bits per heavy atom. The van der Waals surface area contributed by atoms with Crippen LogP contribution in [0.1, 0.15) is 16.1 Å². The zero-order valence-electron chi connectivity index (χ0n) is 10.2. The van der Waals surface area contributed by atoms with Crippen LogP contribution in [-0.2, 0) is 0 Å². The van der Waals surface area contributed by atoms with Crippen LogP contribution >= 0.6 is 11.3 Å². The van der Waals surface area contributed by atoms with Gasteiger partial charge in [-0.15, -0.1) is 11.3 Å². The van der Waals surface area contributed by atoms with Gasteiger partial charge in [0.25, 0.3) is 0 Å². The van der Waals surface area contributed by atoms with E-state index in [-0.39, 0.29) is 0 Å². The summed E-state index contributed by atoms with van der Waals surface area (Å²) in [4.78, 5) is 7.09. The molecule has 0 bridgehead atoms. The second-order valence-corrected chi connectivity index (χ2v) is 5.57. The van der Waals surface area contributed by atoms with E-state index < -0.39 is 0 Å². The van der Waals surface area contributed by atoms with E-state index in [1.54, 1.807) is 11.3 Å². The Hall–Kier alpha value is -1.61. The molecule has 0 unspecified atom stereocenters. The van der Waals surface area contributed by atoms with Crippen molar-refractivity contribution in [3.8, 4) is 11.3 Å². The van der Waals surface area contributed by atoms with Crippen LogP contribution in [-0.4, -0.2) is 9.38 Å². The molecule has 1 aromatic carbocycles. The Bertz CT molecular complexity index is 674. The van der Waals surface area contributed by atoms with Crippen LogP contribution in [0.4, 0.5) is 0 Å². The number of nitrogens with zero attached hydrogens (tertiary/aromatic N) is 2. The fraction of sp³-hybridized carbons (Fsp3) is 0.214. The summed E-state index contributed by atoms with van der Waals surface area (Å²) in [5.41, 5.74) is 4.81. The molecule has 2 heterocycles. The molecular formula is C14H14N2S. The molecule has 0 amide bonds. The molecule has 0 aliphatic rings. The van der Waals surface area contributed by atoms with Crippen molar-refractivity contribution in [2.75, 3.05) is 0 Å². The quantitative estimate of drug-likeness (QED) is 0.630. The zero-order chi connectivity index (χ0) is 12.0. The maximum atomic E-state index is 4.68. The van der Waals surface area contributed by atoms with Gasteiger partial charge in [-0.1, -0.05) is 29.8 Å². The van der Waals surface area contributed by atoms with Crippen LogP contribution in [0.25, 0.3) is 16.2 Å². The number of thiazole rings is 1. The third kappa shape index (κ3) is 1.67. The first-order valence-corrected chi connectivity index (χ1v) is 6.49.